The van der Waals surface area contributed by atoms with Gasteiger partial charge in [0.1, 0.15) is 0 Å². The minimum Gasteiger partial charge on any atom is -0.0991 e. The lowest BCUT2D eigenvalue weighted by Gasteiger charge is -2.39. The molecule has 0 heteroatoms. The van der Waals surface area contributed by atoms with Crippen LogP contribution >= 0.6 is 0 Å². The first-order valence-corrected chi connectivity index (χ1v) is 27.2. The van der Waals surface area contributed by atoms with Gasteiger partial charge in [-0.2, -0.15) is 0 Å². The molecule has 0 saturated carbocycles. The summed E-state index contributed by atoms with van der Waals surface area (Å²) in [4.78, 5) is 0. The van der Waals surface area contributed by atoms with Crippen molar-refractivity contribution in [3.05, 3.63) is 274 Å². The minimum atomic E-state index is -0.477. The summed E-state index contributed by atoms with van der Waals surface area (Å²) in [6, 6.07) is 47.2. The molecule has 0 saturated heterocycles. The van der Waals surface area contributed by atoms with Gasteiger partial charge in [-0.3, -0.25) is 0 Å². The summed E-state index contributed by atoms with van der Waals surface area (Å²) in [6.07, 6.45) is 42.4. The molecule has 372 valence electrons. The lowest BCUT2D eigenvalue weighted by atomic mass is 9.62. The number of hydrogen-bond acceptors (Lipinski definition) is 0. The van der Waals surface area contributed by atoms with Crippen LogP contribution in [-0.4, -0.2) is 0 Å². The molecule has 0 aromatic heterocycles. The zero-order valence-corrected chi connectivity index (χ0v) is 45.7. The summed E-state index contributed by atoms with van der Waals surface area (Å²) in [5.74, 6) is 0.494. The van der Waals surface area contributed by atoms with E-state index in [1.165, 1.54) is 85.2 Å². The largest absolute Gasteiger partial charge is 0.0991 e. The smallest absolute Gasteiger partial charge is 0.0704 e. The third-order valence-electron chi connectivity index (χ3n) is 12.6. The predicted molar refractivity (Wildman–Crippen MR) is 321 cm³/mol. The Labute approximate surface area is 434 Å². The van der Waals surface area contributed by atoms with Gasteiger partial charge in [-0.25, -0.2) is 0 Å². The maximum atomic E-state index is 3.74. The molecule has 3 aliphatic carbocycles. The van der Waals surface area contributed by atoms with E-state index in [9.17, 15) is 0 Å². The highest BCUT2D eigenvalue weighted by Gasteiger charge is 2.41. The maximum Gasteiger partial charge on any atom is 0.0704 e. The quantitative estimate of drug-likeness (QED) is 0.109. The lowest BCUT2D eigenvalue weighted by Crippen LogP contribution is -2.33. The van der Waals surface area contributed by atoms with E-state index in [1.54, 1.807) is 0 Å². The van der Waals surface area contributed by atoms with Crippen LogP contribution in [0.15, 0.2) is 224 Å². The average molecular weight is 941 g/mol. The number of rotatable bonds is 12. The summed E-state index contributed by atoms with van der Waals surface area (Å²) in [5, 5.41) is 0. The Morgan fingerprint density at radius 1 is 0.690 bits per heavy atom. The van der Waals surface area contributed by atoms with E-state index in [1.807, 2.05) is 67.5 Å². The molecule has 5 aromatic carbocycles. The highest BCUT2D eigenvalue weighted by molar-refractivity contribution is 5.79. The Hall–Kier alpha value is -6.50. The van der Waals surface area contributed by atoms with Crippen LogP contribution in [0.25, 0.3) is 23.3 Å². The van der Waals surface area contributed by atoms with Gasteiger partial charge in [0.2, 0.25) is 0 Å². The monoisotopic (exact) mass is 941 g/mol. The summed E-state index contributed by atoms with van der Waals surface area (Å²) in [7, 11) is 0. The molecule has 0 radical (unpaired) electrons. The SMILES string of the molecule is C/C=C1/C=C\C=C/c2ccccc2C1(c1ccccc1)c1cc(C=C/C=C\CCC)cc(CC2CCCC=C2c2ccccc2)c1.C=C/C=C\C(=C1\C=CCC1)c1ccc(C)cc1.CC.CC.CC.CC. The summed E-state index contributed by atoms with van der Waals surface area (Å²) in [5.41, 5.74) is 16.8. The first kappa shape index (κ1) is 58.8. The molecule has 0 N–H and O–H groups in total. The topological polar surface area (TPSA) is 0 Å². The Kier molecular flexibility index (Phi) is 28.1. The van der Waals surface area contributed by atoms with Crippen LogP contribution in [0.2, 0.25) is 0 Å². The molecule has 0 fully saturated rings. The van der Waals surface area contributed by atoms with E-state index in [2.05, 4.69) is 234 Å². The summed E-state index contributed by atoms with van der Waals surface area (Å²) in [6.45, 7) is 26.3. The second kappa shape index (κ2) is 33.9. The first-order chi connectivity index (χ1) is 35.0. The molecule has 5 aromatic rings. The fourth-order valence-electron chi connectivity index (χ4n) is 9.53. The van der Waals surface area contributed by atoms with Gasteiger partial charge in [-0.1, -0.05) is 299 Å². The summed E-state index contributed by atoms with van der Waals surface area (Å²) < 4.78 is 0. The normalized spacial score (nSPS) is 18.8. The van der Waals surface area contributed by atoms with Crippen molar-refractivity contribution in [3.63, 3.8) is 0 Å². The van der Waals surface area contributed by atoms with Gasteiger partial charge in [-0.15, -0.1) is 0 Å². The zero-order chi connectivity index (χ0) is 51.7. The van der Waals surface area contributed by atoms with Crippen molar-refractivity contribution in [1.29, 1.82) is 0 Å². The minimum absolute atomic E-state index is 0.477. The third-order valence-corrected chi connectivity index (χ3v) is 12.6. The highest BCUT2D eigenvalue weighted by Crippen LogP contribution is 2.49. The van der Waals surface area contributed by atoms with E-state index in [4.69, 9.17) is 0 Å². The Morgan fingerprint density at radius 2 is 1.37 bits per heavy atom. The van der Waals surface area contributed by atoms with Crippen LogP contribution in [0.4, 0.5) is 0 Å². The Balaban J connectivity index is 0.000000444. The van der Waals surface area contributed by atoms with Crippen molar-refractivity contribution in [2.75, 3.05) is 0 Å². The van der Waals surface area contributed by atoms with Crippen molar-refractivity contribution >= 4 is 23.3 Å². The van der Waals surface area contributed by atoms with Gasteiger partial charge in [0.15, 0.2) is 0 Å². The number of aryl methyl sites for hydroxylation is 1. The van der Waals surface area contributed by atoms with Crippen LogP contribution in [0.1, 0.15) is 164 Å². The van der Waals surface area contributed by atoms with Gasteiger partial charge in [-0.05, 0) is 132 Å². The molecule has 3 aliphatic rings. The van der Waals surface area contributed by atoms with Crippen LogP contribution in [-0.2, 0) is 11.8 Å². The Bertz CT molecular complexity index is 2580. The first-order valence-electron chi connectivity index (χ1n) is 27.2. The number of allylic oxidation sites excluding steroid dienone is 17. The van der Waals surface area contributed by atoms with Crippen molar-refractivity contribution < 1.29 is 0 Å². The molecule has 2 unspecified atom stereocenters. The van der Waals surface area contributed by atoms with E-state index in [-0.39, 0.29) is 0 Å². The average Bonchev–Trinajstić information content (AvgIpc) is 3.98. The number of hydrogen-bond donors (Lipinski definition) is 0. The van der Waals surface area contributed by atoms with Gasteiger partial charge in [0.25, 0.3) is 0 Å². The third kappa shape index (κ3) is 16.5. The summed E-state index contributed by atoms with van der Waals surface area (Å²) >= 11 is 0. The van der Waals surface area contributed by atoms with Gasteiger partial charge in [0, 0.05) is 0 Å². The Morgan fingerprint density at radius 3 is 2.03 bits per heavy atom. The molecule has 0 aliphatic heterocycles. The van der Waals surface area contributed by atoms with Crippen molar-refractivity contribution in [2.24, 2.45) is 5.92 Å². The van der Waals surface area contributed by atoms with Crippen LogP contribution in [0, 0.1) is 12.8 Å². The van der Waals surface area contributed by atoms with Crippen LogP contribution < -0.4 is 0 Å². The molecular weight excluding hydrogens is 853 g/mol. The molecular formula is C71H88. The fourth-order valence-corrected chi connectivity index (χ4v) is 9.53. The predicted octanol–water partition coefficient (Wildman–Crippen LogP) is 21.3. The van der Waals surface area contributed by atoms with E-state index >= 15 is 0 Å². The van der Waals surface area contributed by atoms with E-state index in [0.717, 1.165) is 38.5 Å². The molecule has 0 bridgehead atoms. The van der Waals surface area contributed by atoms with Crippen molar-refractivity contribution in [1.82, 2.24) is 0 Å². The molecule has 71 heavy (non-hydrogen) atoms. The molecule has 0 amide bonds. The molecule has 8 rings (SSSR count). The van der Waals surface area contributed by atoms with Crippen LogP contribution in [0.5, 0.6) is 0 Å². The number of fused-ring (bicyclic) bond motifs is 1. The van der Waals surface area contributed by atoms with Gasteiger partial charge >= 0.3 is 0 Å². The lowest BCUT2D eigenvalue weighted by molar-refractivity contribution is 0.555. The maximum absolute atomic E-state index is 3.74. The van der Waals surface area contributed by atoms with E-state index in [0.29, 0.717) is 5.92 Å². The van der Waals surface area contributed by atoms with Crippen LogP contribution in [0.3, 0.4) is 0 Å². The van der Waals surface area contributed by atoms with Crippen molar-refractivity contribution in [2.45, 2.75) is 133 Å². The highest BCUT2D eigenvalue weighted by atomic mass is 14.4. The molecule has 0 spiro atoms. The van der Waals surface area contributed by atoms with Gasteiger partial charge in [0.05, 0.1) is 5.41 Å². The second-order valence-electron chi connectivity index (χ2n) is 16.9. The van der Waals surface area contributed by atoms with Crippen molar-refractivity contribution in [3.8, 4) is 0 Å². The molecule has 2 atom stereocenters. The zero-order valence-electron chi connectivity index (χ0n) is 45.7. The fraction of sp³-hybridized carbons (Fsp3) is 0.296. The van der Waals surface area contributed by atoms with E-state index < -0.39 is 5.41 Å². The second-order valence-corrected chi connectivity index (χ2v) is 16.9. The standard InChI is InChI=1S/C46H46.C17H18.4C2H6/c1-3-5-6-7-10-21-36-32-37(33-40-26-16-19-30-44(40)38-22-11-8-12-23-38)35-43(34-36)46(42-28-13-9-14-29-42)41(4-2)27-18-15-24-39-25-17-20-31-45(39)46;1-3-4-9-17(15-7-5-6-8-15)16-12-10-14(2)11-13-16;4*1-2/h4,6-15,17-18,20-25,27-32,34-35,40H,3,5,16,19,26,33H2,1-2H3;3-5,7,9-13H,1,6,8H2,2H3;4*1-2H3/b7-6-,21-10?,24-15-,27-18-,41-4-;9-4-,17-15+;;;;. The van der Waals surface area contributed by atoms with Gasteiger partial charge < -0.3 is 0 Å². The number of benzene rings is 5. The molecule has 0 heterocycles. The number of unbranched alkanes of at least 4 members (excludes halogenated alkanes) is 1. The molecule has 0 nitrogen and oxygen atoms in total.